The van der Waals surface area contributed by atoms with Crippen molar-refractivity contribution in [2.75, 3.05) is 0 Å². The minimum Gasteiger partial charge on any atom is -0.300 e. The molecule has 68 valence electrons. The van der Waals surface area contributed by atoms with Gasteiger partial charge in [0.25, 0.3) is 0 Å². The van der Waals surface area contributed by atoms with Crippen LogP contribution < -0.4 is 0 Å². The summed E-state index contributed by atoms with van der Waals surface area (Å²) in [7, 11) is 0. The molecule has 0 saturated carbocycles. The Bertz CT molecular complexity index is 206. The van der Waals surface area contributed by atoms with E-state index in [1.165, 1.54) is 13.0 Å². The summed E-state index contributed by atoms with van der Waals surface area (Å²) in [5.41, 5.74) is -0.340. The van der Waals surface area contributed by atoms with Gasteiger partial charge in [0.2, 0.25) is 0 Å². The quantitative estimate of drug-likeness (QED) is 0.605. The molecule has 0 heterocycles. The summed E-state index contributed by atoms with van der Waals surface area (Å²) >= 11 is 0. The molecule has 0 fully saturated rings. The van der Waals surface area contributed by atoms with Crippen molar-refractivity contribution in [2.24, 2.45) is 5.41 Å². The number of ketones is 2. The summed E-state index contributed by atoms with van der Waals surface area (Å²) in [5, 5.41) is 0. The molecule has 12 heavy (non-hydrogen) atoms. The first kappa shape index (κ1) is 11.1. The van der Waals surface area contributed by atoms with Gasteiger partial charge in [0.1, 0.15) is 5.78 Å². The Hall–Kier alpha value is -0.920. The van der Waals surface area contributed by atoms with Crippen molar-refractivity contribution in [1.82, 2.24) is 0 Å². The minimum atomic E-state index is -0.340. The Morgan fingerprint density at radius 3 is 2.08 bits per heavy atom. The number of allylic oxidation sites excluding steroid dienone is 2. The topological polar surface area (TPSA) is 34.1 Å². The summed E-state index contributed by atoms with van der Waals surface area (Å²) in [4.78, 5) is 21.8. The van der Waals surface area contributed by atoms with Crippen LogP contribution in [0.1, 0.15) is 34.1 Å². The van der Waals surface area contributed by atoms with Crippen molar-refractivity contribution >= 4 is 11.6 Å². The van der Waals surface area contributed by atoms with Gasteiger partial charge in [0.05, 0.1) is 0 Å². The maximum Gasteiger partial charge on any atom is 0.160 e. The third-order valence-electron chi connectivity index (χ3n) is 1.41. The number of rotatable bonds is 3. The van der Waals surface area contributed by atoms with Crippen LogP contribution in [0.25, 0.3) is 0 Å². The van der Waals surface area contributed by atoms with Crippen molar-refractivity contribution in [1.29, 1.82) is 0 Å². The van der Waals surface area contributed by atoms with E-state index in [1.54, 1.807) is 6.08 Å². The lowest BCUT2D eigenvalue weighted by atomic mass is 9.90. The summed E-state index contributed by atoms with van der Waals surface area (Å²) in [6.45, 7) is 7.07. The van der Waals surface area contributed by atoms with Crippen molar-refractivity contribution in [3.8, 4) is 0 Å². The van der Waals surface area contributed by atoms with Gasteiger partial charge in [-0.25, -0.2) is 0 Å². The zero-order chi connectivity index (χ0) is 9.78. The van der Waals surface area contributed by atoms with Gasteiger partial charge in [0.15, 0.2) is 5.78 Å². The van der Waals surface area contributed by atoms with Crippen molar-refractivity contribution in [3.05, 3.63) is 12.2 Å². The Labute approximate surface area is 73.7 Å². The Kier molecular flexibility index (Phi) is 3.87. The van der Waals surface area contributed by atoms with Gasteiger partial charge in [-0.3, -0.25) is 9.59 Å². The largest absolute Gasteiger partial charge is 0.300 e. The number of carbonyl (C=O) groups is 2. The van der Waals surface area contributed by atoms with Crippen LogP contribution in [0, 0.1) is 5.41 Å². The summed E-state index contributed by atoms with van der Waals surface area (Å²) in [5.74, 6) is 0.136. The molecule has 0 N–H and O–H groups in total. The average Bonchev–Trinajstić information content (AvgIpc) is 1.84. The Balaban J connectivity index is 4.02. The SMILES string of the molecule is CC(=O)C/C=C/C(=O)C(C)(C)C. The van der Waals surface area contributed by atoms with Crippen LogP contribution in [0.5, 0.6) is 0 Å². The summed E-state index contributed by atoms with van der Waals surface area (Å²) < 4.78 is 0. The number of carbonyl (C=O) groups excluding carboxylic acids is 2. The monoisotopic (exact) mass is 168 g/mol. The molecular weight excluding hydrogens is 152 g/mol. The van der Waals surface area contributed by atoms with E-state index < -0.39 is 0 Å². The van der Waals surface area contributed by atoms with Crippen LogP contribution in [-0.2, 0) is 9.59 Å². The molecule has 0 atom stereocenters. The third-order valence-corrected chi connectivity index (χ3v) is 1.41. The molecule has 0 amide bonds. The van der Waals surface area contributed by atoms with Gasteiger partial charge < -0.3 is 0 Å². The molecule has 0 aliphatic heterocycles. The number of hydrogen-bond acceptors (Lipinski definition) is 2. The zero-order valence-corrected chi connectivity index (χ0v) is 8.18. The highest BCUT2D eigenvalue weighted by molar-refractivity contribution is 5.94. The predicted octanol–water partition coefficient (Wildman–Crippen LogP) is 2.14. The van der Waals surface area contributed by atoms with Gasteiger partial charge in [-0.15, -0.1) is 0 Å². The maximum absolute atomic E-state index is 11.2. The summed E-state index contributed by atoms with van der Waals surface area (Å²) in [6, 6.07) is 0. The van der Waals surface area contributed by atoms with E-state index in [4.69, 9.17) is 0 Å². The molecule has 0 aromatic rings. The van der Waals surface area contributed by atoms with Crippen LogP contribution in [-0.4, -0.2) is 11.6 Å². The van der Waals surface area contributed by atoms with E-state index in [0.717, 1.165) is 0 Å². The van der Waals surface area contributed by atoms with Gasteiger partial charge in [-0.05, 0) is 13.0 Å². The molecule has 0 unspecified atom stereocenters. The Morgan fingerprint density at radius 2 is 1.75 bits per heavy atom. The van der Waals surface area contributed by atoms with E-state index >= 15 is 0 Å². The summed E-state index contributed by atoms with van der Waals surface area (Å²) in [6.07, 6.45) is 3.46. The van der Waals surface area contributed by atoms with Crippen molar-refractivity contribution < 1.29 is 9.59 Å². The highest BCUT2D eigenvalue weighted by Gasteiger charge is 2.17. The lowest BCUT2D eigenvalue weighted by molar-refractivity contribution is -0.121. The van der Waals surface area contributed by atoms with Crippen molar-refractivity contribution in [2.45, 2.75) is 34.1 Å². The fourth-order valence-electron chi connectivity index (χ4n) is 0.582. The lowest BCUT2D eigenvalue weighted by Crippen LogP contribution is -2.17. The van der Waals surface area contributed by atoms with E-state index in [1.807, 2.05) is 20.8 Å². The van der Waals surface area contributed by atoms with Crippen LogP contribution in [0.15, 0.2) is 12.2 Å². The molecule has 0 spiro atoms. The second-order valence-electron chi connectivity index (χ2n) is 3.92. The maximum atomic E-state index is 11.2. The van der Waals surface area contributed by atoms with E-state index in [-0.39, 0.29) is 17.0 Å². The average molecular weight is 168 g/mol. The minimum absolute atomic E-state index is 0.0590. The highest BCUT2D eigenvalue weighted by atomic mass is 16.1. The second kappa shape index (κ2) is 4.19. The molecule has 0 saturated heterocycles. The second-order valence-corrected chi connectivity index (χ2v) is 3.92. The highest BCUT2D eigenvalue weighted by Crippen LogP contribution is 2.14. The van der Waals surface area contributed by atoms with Crippen LogP contribution in [0.2, 0.25) is 0 Å². The molecule has 0 aromatic heterocycles. The zero-order valence-electron chi connectivity index (χ0n) is 8.18. The van der Waals surface area contributed by atoms with Gasteiger partial charge in [-0.1, -0.05) is 26.8 Å². The fraction of sp³-hybridized carbons (Fsp3) is 0.600. The fourth-order valence-corrected chi connectivity index (χ4v) is 0.582. The predicted molar refractivity (Wildman–Crippen MR) is 48.9 cm³/mol. The molecule has 0 radical (unpaired) electrons. The number of hydrogen-bond donors (Lipinski definition) is 0. The van der Waals surface area contributed by atoms with E-state index in [9.17, 15) is 9.59 Å². The smallest absolute Gasteiger partial charge is 0.160 e. The van der Waals surface area contributed by atoms with E-state index in [0.29, 0.717) is 6.42 Å². The van der Waals surface area contributed by atoms with Gasteiger partial charge in [0, 0.05) is 11.8 Å². The molecular formula is C10H16O2. The van der Waals surface area contributed by atoms with E-state index in [2.05, 4.69) is 0 Å². The standard InChI is InChI=1S/C10H16O2/c1-8(11)6-5-7-9(12)10(2,3)4/h5,7H,6H2,1-4H3/b7-5+. The Morgan fingerprint density at radius 1 is 1.25 bits per heavy atom. The van der Waals surface area contributed by atoms with Crippen LogP contribution in [0.4, 0.5) is 0 Å². The van der Waals surface area contributed by atoms with Crippen molar-refractivity contribution in [3.63, 3.8) is 0 Å². The molecule has 0 rings (SSSR count). The molecule has 0 aliphatic rings. The molecule has 0 bridgehead atoms. The lowest BCUT2D eigenvalue weighted by Gasteiger charge is -2.12. The van der Waals surface area contributed by atoms with Crippen LogP contribution >= 0.6 is 0 Å². The number of Topliss-reactive ketones (excluding diaryl/α,β-unsaturated/α-hetero) is 1. The molecule has 2 heteroatoms. The molecule has 0 aliphatic carbocycles. The van der Waals surface area contributed by atoms with Gasteiger partial charge >= 0.3 is 0 Å². The van der Waals surface area contributed by atoms with Crippen LogP contribution in [0.3, 0.4) is 0 Å². The third kappa shape index (κ3) is 4.83. The molecule has 2 nitrogen and oxygen atoms in total. The first-order valence-corrected chi connectivity index (χ1v) is 4.04. The molecule has 0 aromatic carbocycles. The first-order chi connectivity index (χ1) is 5.34. The normalized spacial score (nSPS) is 12.0. The van der Waals surface area contributed by atoms with Gasteiger partial charge in [-0.2, -0.15) is 0 Å². The first-order valence-electron chi connectivity index (χ1n) is 4.04.